The number of amides is 3. The number of anilines is 1. The minimum absolute atomic E-state index is 0.0384. The largest absolute Gasteiger partial charge is 0.497 e. The first-order valence-electron chi connectivity index (χ1n) is 6.95. The molecule has 0 heterocycles. The number of carbonyl (C=O) groups is 2. The third-order valence-electron chi connectivity index (χ3n) is 2.79. The van der Waals surface area contributed by atoms with Crippen LogP contribution in [0.3, 0.4) is 0 Å². The lowest BCUT2D eigenvalue weighted by molar-refractivity contribution is -0.122. The Morgan fingerprint density at radius 1 is 1.24 bits per heavy atom. The Morgan fingerprint density at radius 3 is 2.33 bits per heavy atom. The Hall–Kier alpha value is -2.24. The summed E-state index contributed by atoms with van der Waals surface area (Å²) in [5.74, 6) is 0.549. The van der Waals surface area contributed by atoms with Crippen molar-refractivity contribution in [3.63, 3.8) is 0 Å². The van der Waals surface area contributed by atoms with Gasteiger partial charge in [-0.15, -0.1) is 0 Å². The van der Waals surface area contributed by atoms with E-state index < -0.39 is 0 Å². The van der Waals surface area contributed by atoms with Crippen LogP contribution in [0.25, 0.3) is 0 Å². The van der Waals surface area contributed by atoms with Crippen LogP contribution >= 0.6 is 0 Å². The zero-order valence-electron chi connectivity index (χ0n) is 13.0. The van der Waals surface area contributed by atoms with Crippen LogP contribution in [0, 0.1) is 0 Å². The fourth-order valence-corrected chi connectivity index (χ4v) is 1.75. The molecule has 6 nitrogen and oxygen atoms in total. The molecule has 1 aromatic rings. The zero-order valence-corrected chi connectivity index (χ0v) is 13.0. The quantitative estimate of drug-likeness (QED) is 0.843. The first kappa shape index (κ1) is 16.8. The lowest BCUT2D eigenvalue weighted by Gasteiger charge is -2.21. The number of rotatable bonds is 6. The highest BCUT2D eigenvalue weighted by molar-refractivity contribution is 5.92. The van der Waals surface area contributed by atoms with Gasteiger partial charge >= 0.3 is 6.03 Å². The molecule has 0 aliphatic heterocycles. The van der Waals surface area contributed by atoms with Gasteiger partial charge in [-0.1, -0.05) is 0 Å². The standard InChI is InChI=1S/C15H23N3O3/c1-5-18(10-14(19)16-11(2)3)15(20)17-12-6-8-13(21-4)9-7-12/h6-9,11H,5,10H2,1-4H3,(H,16,19)(H,17,20). The topological polar surface area (TPSA) is 70.7 Å². The first-order valence-corrected chi connectivity index (χ1v) is 6.95. The van der Waals surface area contributed by atoms with Crippen molar-refractivity contribution in [2.75, 3.05) is 25.5 Å². The molecule has 1 rings (SSSR count). The number of nitrogens with zero attached hydrogens (tertiary/aromatic N) is 1. The van der Waals surface area contributed by atoms with E-state index in [1.807, 2.05) is 20.8 Å². The van der Waals surface area contributed by atoms with E-state index in [4.69, 9.17) is 4.74 Å². The van der Waals surface area contributed by atoms with Gasteiger partial charge in [-0.2, -0.15) is 0 Å². The molecule has 116 valence electrons. The molecule has 0 saturated heterocycles. The number of methoxy groups -OCH3 is 1. The molecule has 0 radical (unpaired) electrons. The van der Waals surface area contributed by atoms with Gasteiger partial charge in [0.25, 0.3) is 0 Å². The lowest BCUT2D eigenvalue weighted by Crippen LogP contribution is -2.44. The Bertz CT molecular complexity index is 472. The van der Waals surface area contributed by atoms with Gasteiger partial charge in [0.05, 0.1) is 7.11 Å². The van der Waals surface area contributed by atoms with Gasteiger partial charge in [0.1, 0.15) is 12.3 Å². The molecule has 0 saturated carbocycles. The number of hydrogen-bond donors (Lipinski definition) is 2. The number of urea groups is 1. The van der Waals surface area contributed by atoms with Gasteiger partial charge in [0, 0.05) is 18.3 Å². The summed E-state index contributed by atoms with van der Waals surface area (Å²) in [5.41, 5.74) is 0.656. The highest BCUT2D eigenvalue weighted by Gasteiger charge is 2.16. The maximum Gasteiger partial charge on any atom is 0.322 e. The van der Waals surface area contributed by atoms with Gasteiger partial charge in [-0.3, -0.25) is 4.79 Å². The van der Waals surface area contributed by atoms with Crippen molar-refractivity contribution in [2.24, 2.45) is 0 Å². The van der Waals surface area contributed by atoms with Gasteiger partial charge in [0.2, 0.25) is 5.91 Å². The van der Waals surface area contributed by atoms with Crippen LogP contribution in [0.4, 0.5) is 10.5 Å². The molecule has 0 aromatic heterocycles. The molecule has 2 N–H and O–H groups in total. The molecule has 0 bridgehead atoms. The molecule has 3 amide bonds. The summed E-state index contributed by atoms with van der Waals surface area (Å²) in [6, 6.07) is 6.77. The second-order valence-corrected chi connectivity index (χ2v) is 4.90. The van der Waals surface area contributed by atoms with E-state index in [1.54, 1.807) is 31.4 Å². The van der Waals surface area contributed by atoms with Crippen LogP contribution in [0.2, 0.25) is 0 Å². The first-order chi connectivity index (χ1) is 9.96. The van der Waals surface area contributed by atoms with Crippen LogP contribution in [0.1, 0.15) is 20.8 Å². The molecule has 21 heavy (non-hydrogen) atoms. The molecule has 0 fully saturated rings. The number of likely N-dealkylation sites (N-methyl/N-ethyl adjacent to an activating group) is 1. The van der Waals surface area contributed by atoms with Crippen molar-refractivity contribution < 1.29 is 14.3 Å². The fraction of sp³-hybridized carbons (Fsp3) is 0.467. The molecule has 0 aliphatic rings. The number of carbonyl (C=O) groups excluding carboxylic acids is 2. The fourth-order valence-electron chi connectivity index (χ4n) is 1.75. The van der Waals surface area contributed by atoms with Gasteiger partial charge < -0.3 is 20.3 Å². The molecular formula is C15H23N3O3. The van der Waals surface area contributed by atoms with E-state index >= 15 is 0 Å². The van der Waals surface area contributed by atoms with E-state index in [0.29, 0.717) is 12.2 Å². The van der Waals surface area contributed by atoms with Gasteiger partial charge in [-0.25, -0.2) is 4.79 Å². The summed E-state index contributed by atoms with van der Waals surface area (Å²) < 4.78 is 5.06. The summed E-state index contributed by atoms with van der Waals surface area (Å²) in [5, 5.41) is 5.52. The molecule has 6 heteroatoms. The molecule has 0 atom stereocenters. The van der Waals surface area contributed by atoms with Crippen LogP contribution < -0.4 is 15.4 Å². The number of benzene rings is 1. The van der Waals surface area contributed by atoms with E-state index in [-0.39, 0.29) is 24.5 Å². The predicted molar refractivity (Wildman–Crippen MR) is 82.5 cm³/mol. The summed E-state index contributed by atoms with van der Waals surface area (Å²) in [6.07, 6.45) is 0. The Morgan fingerprint density at radius 2 is 1.86 bits per heavy atom. The van der Waals surface area contributed by atoms with E-state index in [2.05, 4.69) is 10.6 Å². The SMILES string of the molecule is CCN(CC(=O)NC(C)C)C(=O)Nc1ccc(OC)cc1. The number of nitrogens with one attached hydrogen (secondary N) is 2. The lowest BCUT2D eigenvalue weighted by atomic mass is 10.3. The Balaban J connectivity index is 2.59. The predicted octanol–water partition coefficient (Wildman–Crippen LogP) is 2.07. The van der Waals surface area contributed by atoms with Gasteiger partial charge in [0.15, 0.2) is 0 Å². The van der Waals surface area contributed by atoms with Crippen LogP contribution in [0.5, 0.6) is 5.75 Å². The minimum atomic E-state index is -0.304. The second kappa shape index (κ2) is 8.14. The smallest absolute Gasteiger partial charge is 0.322 e. The van der Waals surface area contributed by atoms with E-state index in [9.17, 15) is 9.59 Å². The van der Waals surface area contributed by atoms with Crippen molar-refractivity contribution in [3.8, 4) is 5.75 Å². The molecule has 0 aliphatic carbocycles. The van der Waals surface area contributed by atoms with Crippen LogP contribution in [-0.2, 0) is 4.79 Å². The van der Waals surface area contributed by atoms with E-state index in [0.717, 1.165) is 5.75 Å². The van der Waals surface area contributed by atoms with Crippen molar-refractivity contribution in [1.29, 1.82) is 0 Å². The summed E-state index contributed by atoms with van der Waals surface area (Å²) in [4.78, 5) is 25.3. The molecule has 1 aromatic carbocycles. The maximum atomic E-state index is 12.1. The van der Waals surface area contributed by atoms with Crippen molar-refractivity contribution >= 4 is 17.6 Å². The minimum Gasteiger partial charge on any atom is -0.497 e. The average molecular weight is 293 g/mol. The van der Waals surface area contributed by atoms with Crippen LogP contribution in [0.15, 0.2) is 24.3 Å². The monoisotopic (exact) mass is 293 g/mol. The second-order valence-electron chi connectivity index (χ2n) is 4.90. The molecular weight excluding hydrogens is 270 g/mol. The van der Waals surface area contributed by atoms with Crippen LogP contribution in [-0.4, -0.2) is 43.1 Å². The average Bonchev–Trinajstić information content (AvgIpc) is 2.44. The summed E-state index contributed by atoms with van der Waals surface area (Å²) >= 11 is 0. The summed E-state index contributed by atoms with van der Waals surface area (Å²) in [6.45, 7) is 6.08. The molecule has 0 unspecified atom stereocenters. The highest BCUT2D eigenvalue weighted by atomic mass is 16.5. The van der Waals surface area contributed by atoms with Crippen molar-refractivity contribution in [3.05, 3.63) is 24.3 Å². The molecule has 0 spiro atoms. The Labute approximate surface area is 125 Å². The van der Waals surface area contributed by atoms with Gasteiger partial charge in [-0.05, 0) is 45.0 Å². The maximum absolute atomic E-state index is 12.1. The third kappa shape index (κ3) is 5.72. The number of hydrogen-bond acceptors (Lipinski definition) is 3. The van der Waals surface area contributed by atoms with Crippen molar-refractivity contribution in [2.45, 2.75) is 26.8 Å². The number of ether oxygens (including phenoxy) is 1. The third-order valence-corrected chi connectivity index (χ3v) is 2.79. The highest BCUT2D eigenvalue weighted by Crippen LogP contribution is 2.15. The van der Waals surface area contributed by atoms with E-state index in [1.165, 1.54) is 4.90 Å². The summed E-state index contributed by atoms with van der Waals surface area (Å²) in [7, 11) is 1.58. The van der Waals surface area contributed by atoms with Crippen molar-refractivity contribution in [1.82, 2.24) is 10.2 Å². The Kier molecular flexibility index (Phi) is 6.52. The zero-order chi connectivity index (χ0) is 15.8. The normalized spacial score (nSPS) is 10.1.